The Balaban J connectivity index is 1.18. The lowest BCUT2D eigenvalue weighted by Crippen LogP contribution is -2.28. The molecule has 0 unspecified atom stereocenters. The largest absolute Gasteiger partial charge is 0.478 e. The van der Waals surface area contributed by atoms with Crippen LogP contribution < -0.4 is 10.6 Å². The molecule has 0 fully saturated rings. The summed E-state index contributed by atoms with van der Waals surface area (Å²) in [6.07, 6.45) is -0.488. The van der Waals surface area contributed by atoms with Crippen molar-refractivity contribution in [2.45, 2.75) is 12.8 Å². The number of anilines is 1. The number of hydrogen-bond donors (Lipinski definition) is 3. The molecule has 4 rings (SSSR count). The Bertz CT molecular complexity index is 1210. The molecule has 35 heavy (non-hydrogen) atoms. The van der Waals surface area contributed by atoms with Crippen molar-refractivity contribution >= 4 is 35.4 Å². The van der Waals surface area contributed by atoms with Gasteiger partial charge in [0.25, 0.3) is 0 Å². The van der Waals surface area contributed by atoms with E-state index in [2.05, 4.69) is 34.9 Å². The molecule has 0 saturated heterocycles. The summed E-state index contributed by atoms with van der Waals surface area (Å²) in [7, 11) is 0. The molecule has 2 amide bonds. The average Bonchev–Trinajstić information content (AvgIpc) is 3.17. The molecule has 0 aromatic heterocycles. The molecule has 3 N–H and O–H groups in total. The molecule has 0 spiro atoms. The van der Waals surface area contributed by atoms with Crippen molar-refractivity contribution < 1.29 is 24.2 Å². The topological polar surface area (TPSA) is 105 Å². The van der Waals surface area contributed by atoms with E-state index < -0.39 is 12.1 Å². The second kappa shape index (κ2) is 11.1. The first-order chi connectivity index (χ1) is 17.0. The highest BCUT2D eigenvalue weighted by Crippen LogP contribution is 2.44. The van der Waals surface area contributed by atoms with Crippen LogP contribution in [0.15, 0.2) is 66.7 Å². The van der Waals surface area contributed by atoms with Gasteiger partial charge >= 0.3 is 12.1 Å². The number of carbonyl (C=O) groups excluding carboxylic acids is 2. The van der Waals surface area contributed by atoms with E-state index in [1.54, 1.807) is 19.1 Å². The molecule has 3 aromatic rings. The lowest BCUT2D eigenvalue weighted by molar-refractivity contribution is -0.113. The SMILES string of the molecule is Cc1c(NC(=O)CSCCNC(=O)OCC2c3ccccc3-c3ccccc32)cccc1C(=O)O. The number of fused-ring (bicyclic) bond motifs is 3. The number of nitrogens with one attached hydrogen (secondary N) is 2. The Morgan fingerprint density at radius 3 is 2.26 bits per heavy atom. The van der Waals surface area contributed by atoms with Crippen molar-refractivity contribution in [3.05, 3.63) is 89.0 Å². The van der Waals surface area contributed by atoms with E-state index in [1.807, 2.05) is 24.3 Å². The van der Waals surface area contributed by atoms with Gasteiger partial charge in [-0.25, -0.2) is 9.59 Å². The van der Waals surface area contributed by atoms with Crippen LogP contribution in [0.2, 0.25) is 0 Å². The molecule has 3 aromatic carbocycles. The standard InChI is InChI=1S/C27H26N2O5S/c1-17-18(26(31)32)11-6-12-24(17)29-25(30)16-35-14-13-28-27(33)34-15-23-21-9-4-2-7-19(21)20-8-3-5-10-22(20)23/h2-12,23H,13-16H2,1H3,(H,28,33)(H,29,30)(H,31,32). The van der Waals surface area contributed by atoms with Crippen molar-refractivity contribution in [3.63, 3.8) is 0 Å². The zero-order valence-corrected chi connectivity index (χ0v) is 20.1. The summed E-state index contributed by atoms with van der Waals surface area (Å²) in [5, 5.41) is 14.7. The normalized spacial score (nSPS) is 11.9. The molecule has 1 aliphatic rings. The van der Waals surface area contributed by atoms with Crippen LogP contribution in [-0.2, 0) is 9.53 Å². The molecular formula is C27H26N2O5S. The minimum Gasteiger partial charge on any atom is -0.478 e. The highest BCUT2D eigenvalue weighted by molar-refractivity contribution is 7.99. The lowest BCUT2D eigenvalue weighted by Gasteiger charge is -2.14. The maximum atomic E-state index is 12.2. The summed E-state index contributed by atoms with van der Waals surface area (Å²) >= 11 is 1.37. The van der Waals surface area contributed by atoms with Crippen LogP contribution in [0.1, 0.15) is 33.0 Å². The predicted octanol–water partition coefficient (Wildman–Crippen LogP) is 4.90. The quantitative estimate of drug-likeness (QED) is 0.369. The molecule has 0 heterocycles. The first-order valence-electron chi connectivity index (χ1n) is 11.2. The summed E-state index contributed by atoms with van der Waals surface area (Å²) in [5.74, 6) is -0.544. The summed E-state index contributed by atoms with van der Waals surface area (Å²) in [5.41, 5.74) is 5.82. The van der Waals surface area contributed by atoms with Crippen molar-refractivity contribution in [2.75, 3.05) is 30.0 Å². The van der Waals surface area contributed by atoms with E-state index >= 15 is 0 Å². The number of aromatic carboxylic acids is 1. The second-order valence-corrected chi connectivity index (χ2v) is 9.24. The van der Waals surface area contributed by atoms with Crippen LogP contribution in [-0.4, -0.2) is 47.7 Å². The maximum absolute atomic E-state index is 12.2. The minimum atomic E-state index is -1.03. The van der Waals surface area contributed by atoms with Crippen molar-refractivity contribution in [2.24, 2.45) is 0 Å². The third-order valence-electron chi connectivity index (χ3n) is 5.93. The van der Waals surface area contributed by atoms with Crippen LogP contribution in [0.25, 0.3) is 11.1 Å². The number of carboxylic acids is 1. The van der Waals surface area contributed by atoms with Crippen LogP contribution >= 0.6 is 11.8 Å². The van der Waals surface area contributed by atoms with E-state index in [1.165, 1.54) is 29.0 Å². The first-order valence-corrected chi connectivity index (χ1v) is 12.4. The van der Waals surface area contributed by atoms with Crippen molar-refractivity contribution in [1.29, 1.82) is 0 Å². The fraction of sp³-hybridized carbons (Fsp3) is 0.222. The molecule has 8 heteroatoms. The summed E-state index contributed by atoms with van der Waals surface area (Å²) in [6.45, 7) is 2.27. The Hall–Kier alpha value is -3.78. The van der Waals surface area contributed by atoms with E-state index in [0.29, 0.717) is 23.5 Å². The number of amides is 2. The molecule has 1 aliphatic carbocycles. The van der Waals surface area contributed by atoms with Crippen LogP contribution in [0, 0.1) is 6.92 Å². The third kappa shape index (κ3) is 5.66. The number of ether oxygens (including phenoxy) is 1. The summed E-state index contributed by atoms with van der Waals surface area (Å²) < 4.78 is 5.50. The number of benzene rings is 3. The van der Waals surface area contributed by atoms with E-state index in [-0.39, 0.29) is 29.7 Å². The molecule has 180 valence electrons. The van der Waals surface area contributed by atoms with Gasteiger partial charge in [-0.2, -0.15) is 11.8 Å². The maximum Gasteiger partial charge on any atom is 0.407 e. The smallest absolute Gasteiger partial charge is 0.407 e. The van der Waals surface area contributed by atoms with Gasteiger partial charge in [-0.1, -0.05) is 54.6 Å². The number of carboxylic acid groups (broad SMARTS) is 1. The molecule has 0 atom stereocenters. The van der Waals surface area contributed by atoms with E-state index in [4.69, 9.17) is 4.74 Å². The summed E-state index contributed by atoms with van der Waals surface area (Å²) in [4.78, 5) is 35.6. The highest BCUT2D eigenvalue weighted by atomic mass is 32.2. The molecular weight excluding hydrogens is 464 g/mol. The lowest BCUT2D eigenvalue weighted by atomic mass is 9.98. The van der Waals surface area contributed by atoms with Gasteiger partial charge in [-0.3, -0.25) is 4.79 Å². The number of thioether (sulfide) groups is 1. The Morgan fingerprint density at radius 1 is 0.943 bits per heavy atom. The second-order valence-electron chi connectivity index (χ2n) is 8.14. The fourth-order valence-electron chi connectivity index (χ4n) is 4.23. The van der Waals surface area contributed by atoms with Crippen molar-refractivity contribution in [1.82, 2.24) is 5.32 Å². The molecule has 7 nitrogen and oxygen atoms in total. The van der Waals surface area contributed by atoms with Gasteiger partial charge in [-0.05, 0) is 46.9 Å². The zero-order chi connectivity index (χ0) is 24.8. The monoisotopic (exact) mass is 490 g/mol. The van der Waals surface area contributed by atoms with Crippen LogP contribution in [0.5, 0.6) is 0 Å². The summed E-state index contributed by atoms with van der Waals surface area (Å²) in [6, 6.07) is 21.1. The predicted molar refractivity (Wildman–Crippen MR) is 137 cm³/mol. The van der Waals surface area contributed by atoms with Gasteiger partial charge < -0.3 is 20.5 Å². The molecule has 0 radical (unpaired) electrons. The molecule has 0 aliphatic heterocycles. The Labute approximate surface area is 207 Å². The third-order valence-corrected chi connectivity index (χ3v) is 6.89. The Kier molecular flexibility index (Phi) is 7.72. The van der Waals surface area contributed by atoms with Crippen LogP contribution in [0.3, 0.4) is 0 Å². The molecule has 0 saturated carbocycles. The first kappa shape index (κ1) is 24.3. The fourth-order valence-corrected chi connectivity index (χ4v) is 4.88. The number of alkyl carbamates (subject to hydrolysis) is 1. The zero-order valence-electron chi connectivity index (χ0n) is 19.2. The van der Waals surface area contributed by atoms with E-state index in [0.717, 1.165) is 11.1 Å². The number of hydrogen-bond acceptors (Lipinski definition) is 5. The van der Waals surface area contributed by atoms with Gasteiger partial charge in [-0.15, -0.1) is 0 Å². The van der Waals surface area contributed by atoms with Gasteiger partial charge in [0.2, 0.25) is 5.91 Å². The van der Waals surface area contributed by atoms with Gasteiger partial charge in [0.05, 0.1) is 11.3 Å². The average molecular weight is 491 g/mol. The number of rotatable bonds is 9. The highest BCUT2D eigenvalue weighted by Gasteiger charge is 2.28. The van der Waals surface area contributed by atoms with E-state index in [9.17, 15) is 19.5 Å². The Morgan fingerprint density at radius 2 is 1.60 bits per heavy atom. The van der Waals surface area contributed by atoms with Crippen molar-refractivity contribution in [3.8, 4) is 11.1 Å². The minimum absolute atomic E-state index is 0.00862. The number of carbonyl (C=O) groups is 3. The van der Waals surface area contributed by atoms with Gasteiger partial charge in [0.1, 0.15) is 6.61 Å². The van der Waals surface area contributed by atoms with Gasteiger partial charge in [0, 0.05) is 23.9 Å². The van der Waals surface area contributed by atoms with Gasteiger partial charge in [0.15, 0.2) is 0 Å². The molecule has 0 bridgehead atoms. The van der Waals surface area contributed by atoms with Crippen LogP contribution in [0.4, 0.5) is 10.5 Å².